The topological polar surface area (TPSA) is 22.0 Å². The number of hydrogen-bond donors (Lipinski definition) is 1. The van der Waals surface area contributed by atoms with Gasteiger partial charge in [-0.05, 0) is 18.6 Å². The summed E-state index contributed by atoms with van der Waals surface area (Å²) in [5.41, 5.74) is 1.91. The molecule has 13 heavy (non-hydrogen) atoms. The van der Waals surface area contributed by atoms with Crippen molar-refractivity contribution in [3.05, 3.63) is 46.4 Å². The number of aryl methyl sites for hydroxylation is 1. The van der Waals surface area contributed by atoms with E-state index in [9.17, 15) is 4.79 Å². The first kappa shape index (κ1) is 10.1. The summed E-state index contributed by atoms with van der Waals surface area (Å²) in [6.07, 6.45) is 0. The van der Waals surface area contributed by atoms with Crippen molar-refractivity contribution >= 4 is 12.6 Å². The molecular weight excluding hydrogens is 182 g/mol. The number of thiol groups is 1. The summed E-state index contributed by atoms with van der Waals surface area (Å²) in [4.78, 5) is 11.4. The monoisotopic (exact) mass is 195 g/mol. The number of pyridine rings is 1. The molecule has 0 spiro atoms. The van der Waals surface area contributed by atoms with Crippen molar-refractivity contribution in [2.24, 2.45) is 0 Å². The van der Waals surface area contributed by atoms with Gasteiger partial charge in [0.15, 0.2) is 0 Å². The van der Waals surface area contributed by atoms with E-state index in [4.69, 9.17) is 0 Å². The molecule has 0 aliphatic heterocycles. The van der Waals surface area contributed by atoms with Crippen LogP contribution in [0.15, 0.2) is 35.1 Å². The molecule has 0 saturated carbocycles. The van der Waals surface area contributed by atoms with Gasteiger partial charge < -0.3 is 4.57 Å². The van der Waals surface area contributed by atoms with E-state index < -0.39 is 0 Å². The summed E-state index contributed by atoms with van der Waals surface area (Å²) in [6, 6.07) is 5.23. The molecule has 1 aromatic rings. The Morgan fingerprint density at radius 2 is 2.31 bits per heavy atom. The van der Waals surface area contributed by atoms with Crippen LogP contribution < -0.4 is 5.56 Å². The first-order valence-corrected chi connectivity index (χ1v) is 4.72. The summed E-state index contributed by atoms with van der Waals surface area (Å²) in [5, 5.41) is 0. The van der Waals surface area contributed by atoms with Crippen molar-refractivity contribution in [3.8, 4) is 0 Å². The van der Waals surface area contributed by atoms with Gasteiger partial charge in [0.05, 0.1) is 0 Å². The van der Waals surface area contributed by atoms with Gasteiger partial charge in [-0.1, -0.05) is 12.6 Å². The second kappa shape index (κ2) is 4.33. The Morgan fingerprint density at radius 3 is 2.85 bits per heavy atom. The number of nitrogens with zero attached hydrogens (tertiary/aromatic N) is 1. The van der Waals surface area contributed by atoms with Gasteiger partial charge in [-0.2, -0.15) is 12.6 Å². The summed E-state index contributed by atoms with van der Waals surface area (Å²) >= 11 is 4.10. The minimum atomic E-state index is 0.0166. The summed E-state index contributed by atoms with van der Waals surface area (Å²) in [5.74, 6) is 0.612. The lowest BCUT2D eigenvalue weighted by molar-refractivity contribution is 0.722. The Morgan fingerprint density at radius 1 is 1.62 bits per heavy atom. The van der Waals surface area contributed by atoms with Crippen LogP contribution in [0.1, 0.15) is 5.69 Å². The zero-order valence-corrected chi connectivity index (χ0v) is 8.55. The van der Waals surface area contributed by atoms with E-state index in [2.05, 4.69) is 19.2 Å². The molecule has 0 unspecified atom stereocenters. The molecule has 3 heteroatoms. The number of aromatic nitrogens is 1. The largest absolute Gasteiger partial charge is 0.309 e. The average Bonchev–Trinajstić information content (AvgIpc) is 2.11. The van der Waals surface area contributed by atoms with Crippen molar-refractivity contribution < 1.29 is 0 Å². The molecule has 1 rings (SSSR count). The van der Waals surface area contributed by atoms with Crippen LogP contribution in [-0.4, -0.2) is 10.3 Å². The quantitative estimate of drug-likeness (QED) is 0.575. The smallest absolute Gasteiger partial charge is 0.251 e. The first-order chi connectivity index (χ1) is 6.15. The van der Waals surface area contributed by atoms with E-state index >= 15 is 0 Å². The molecule has 0 amide bonds. The molecule has 2 nitrogen and oxygen atoms in total. The van der Waals surface area contributed by atoms with Crippen LogP contribution in [0.4, 0.5) is 0 Å². The lowest BCUT2D eigenvalue weighted by Gasteiger charge is -2.09. The van der Waals surface area contributed by atoms with Gasteiger partial charge >= 0.3 is 0 Å². The van der Waals surface area contributed by atoms with E-state index in [-0.39, 0.29) is 5.56 Å². The average molecular weight is 195 g/mol. The zero-order valence-electron chi connectivity index (χ0n) is 7.66. The molecule has 0 radical (unpaired) electrons. The van der Waals surface area contributed by atoms with Crippen LogP contribution in [0.5, 0.6) is 0 Å². The Kier molecular flexibility index (Phi) is 3.37. The van der Waals surface area contributed by atoms with E-state index in [0.29, 0.717) is 12.3 Å². The lowest BCUT2D eigenvalue weighted by Crippen LogP contribution is -2.21. The fraction of sp³-hybridized carbons (Fsp3) is 0.300. The highest BCUT2D eigenvalue weighted by Gasteiger charge is 1.99. The fourth-order valence-electron chi connectivity index (χ4n) is 1.10. The van der Waals surface area contributed by atoms with Crippen molar-refractivity contribution in [2.45, 2.75) is 13.5 Å². The van der Waals surface area contributed by atoms with Gasteiger partial charge in [0, 0.05) is 24.1 Å². The third kappa shape index (κ3) is 2.49. The summed E-state index contributed by atoms with van der Waals surface area (Å²) in [6.45, 7) is 6.29. The Hall–Kier alpha value is -0.960. The molecule has 1 heterocycles. The molecule has 0 aliphatic carbocycles. The van der Waals surface area contributed by atoms with Crippen LogP contribution in [-0.2, 0) is 6.54 Å². The normalized spacial score (nSPS) is 10.0. The van der Waals surface area contributed by atoms with Gasteiger partial charge in [0.25, 0.3) is 5.56 Å². The molecule has 1 aromatic heterocycles. The number of hydrogen-bond acceptors (Lipinski definition) is 2. The maximum atomic E-state index is 11.4. The van der Waals surface area contributed by atoms with Crippen LogP contribution >= 0.6 is 12.6 Å². The zero-order chi connectivity index (χ0) is 9.84. The van der Waals surface area contributed by atoms with Gasteiger partial charge in [-0.25, -0.2) is 0 Å². The molecule has 70 valence electrons. The maximum absolute atomic E-state index is 11.4. The van der Waals surface area contributed by atoms with Crippen molar-refractivity contribution in [1.29, 1.82) is 0 Å². The van der Waals surface area contributed by atoms with Crippen molar-refractivity contribution in [3.63, 3.8) is 0 Å². The van der Waals surface area contributed by atoms with E-state index in [0.717, 1.165) is 11.3 Å². The highest BCUT2D eigenvalue weighted by molar-refractivity contribution is 7.80. The number of rotatable bonds is 3. The molecule has 0 saturated heterocycles. The lowest BCUT2D eigenvalue weighted by atomic mass is 10.3. The van der Waals surface area contributed by atoms with Crippen LogP contribution in [0.2, 0.25) is 0 Å². The van der Waals surface area contributed by atoms with E-state index in [1.165, 1.54) is 0 Å². The molecule has 0 atom stereocenters. The van der Waals surface area contributed by atoms with E-state index in [1.54, 1.807) is 16.7 Å². The predicted molar refractivity (Wildman–Crippen MR) is 58.4 cm³/mol. The third-order valence-electron chi connectivity index (χ3n) is 1.87. The minimum Gasteiger partial charge on any atom is -0.309 e. The Bertz CT molecular complexity index is 367. The van der Waals surface area contributed by atoms with Crippen molar-refractivity contribution in [1.82, 2.24) is 4.57 Å². The SMILES string of the molecule is C=C(CS)Cn1c(C)cccc1=O. The molecule has 0 bridgehead atoms. The predicted octanol–water partition coefficient (Wildman–Crippen LogP) is 1.64. The van der Waals surface area contributed by atoms with Gasteiger partial charge in [-0.3, -0.25) is 4.79 Å². The molecule has 0 fully saturated rings. The van der Waals surface area contributed by atoms with Gasteiger partial charge in [-0.15, -0.1) is 0 Å². The highest BCUT2D eigenvalue weighted by Crippen LogP contribution is 2.00. The highest BCUT2D eigenvalue weighted by atomic mass is 32.1. The molecular formula is C10H13NOS. The molecule has 0 N–H and O–H groups in total. The minimum absolute atomic E-state index is 0.0166. The van der Waals surface area contributed by atoms with Crippen LogP contribution in [0.25, 0.3) is 0 Å². The maximum Gasteiger partial charge on any atom is 0.251 e. The Labute approximate surface area is 83.3 Å². The third-order valence-corrected chi connectivity index (χ3v) is 2.32. The van der Waals surface area contributed by atoms with Gasteiger partial charge in [0.1, 0.15) is 0 Å². The van der Waals surface area contributed by atoms with Gasteiger partial charge in [0.2, 0.25) is 0 Å². The second-order valence-corrected chi connectivity index (χ2v) is 3.32. The summed E-state index contributed by atoms with van der Waals surface area (Å²) < 4.78 is 1.69. The fourth-order valence-corrected chi connectivity index (χ4v) is 1.20. The van der Waals surface area contributed by atoms with Crippen LogP contribution in [0.3, 0.4) is 0 Å². The summed E-state index contributed by atoms with van der Waals surface area (Å²) in [7, 11) is 0. The van der Waals surface area contributed by atoms with Crippen molar-refractivity contribution in [2.75, 3.05) is 5.75 Å². The second-order valence-electron chi connectivity index (χ2n) is 3.00. The molecule has 0 aliphatic rings. The van der Waals surface area contributed by atoms with E-state index in [1.807, 2.05) is 13.0 Å². The Balaban J connectivity index is 3.00. The molecule has 0 aromatic carbocycles. The first-order valence-electron chi connectivity index (χ1n) is 4.09. The standard InChI is InChI=1S/C10H13NOS/c1-8(7-13)6-11-9(2)4-3-5-10(11)12/h3-5,13H,1,6-7H2,2H3. The van der Waals surface area contributed by atoms with Crippen LogP contribution in [0, 0.1) is 6.92 Å².